The van der Waals surface area contributed by atoms with Gasteiger partial charge in [-0.15, -0.1) is 0 Å². The first-order chi connectivity index (χ1) is 9.06. The third-order valence-corrected chi connectivity index (χ3v) is 3.27. The summed E-state index contributed by atoms with van der Waals surface area (Å²) in [7, 11) is 0. The number of benzene rings is 2. The Hall–Kier alpha value is -1.67. The first-order valence-corrected chi connectivity index (χ1v) is 6.48. The minimum absolute atomic E-state index is 0.0634. The van der Waals surface area contributed by atoms with E-state index in [4.69, 9.17) is 11.6 Å². The van der Waals surface area contributed by atoms with Crippen molar-refractivity contribution in [3.63, 3.8) is 0 Å². The highest BCUT2D eigenvalue weighted by Gasteiger charge is 2.11. The second-order valence-corrected chi connectivity index (χ2v) is 4.94. The highest BCUT2D eigenvalue weighted by Crippen LogP contribution is 2.19. The molecular formula is C16H14ClFO. The van der Waals surface area contributed by atoms with Gasteiger partial charge in [0.25, 0.3) is 0 Å². The summed E-state index contributed by atoms with van der Waals surface area (Å²) in [6.07, 6.45) is 1.03. The molecule has 0 saturated heterocycles. The van der Waals surface area contributed by atoms with Crippen molar-refractivity contribution < 1.29 is 9.18 Å². The predicted octanol–water partition coefficient (Wildman–Crippen LogP) is 4.60. The van der Waals surface area contributed by atoms with Gasteiger partial charge in [0, 0.05) is 12.0 Å². The van der Waals surface area contributed by atoms with E-state index in [0.717, 1.165) is 5.56 Å². The average molecular weight is 277 g/mol. The van der Waals surface area contributed by atoms with Gasteiger partial charge in [-0.1, -0.05) is 41.4 Å². The zero-order valence-corrected chi connectivity index (χ0v) is 11.4. The molecular weight excluding hydrogens is 263 g/mol. The molecule has 19 heavy (non-hydrogen) atoms. The molecule has 0 heterocycles. The van der Waals surface area contributed by atoms with Gasteiger partial charge in [0.1, 0.15) is 5.82 Å². The van der Waals surface area contributed by atoms with E-state index in [1.807, 2.05) is 25.1 Å². The van der Waals surface area contributed by atoms with E-state index in [0.29, 0.717) is 18.4 Å². The Bertz CT molecular complexity index is 607. The van der Waals surface area contributed by atoms with Crippen LogP contribution in [-0.2, 0) is 6.42 Å². The second kappa shape index (κ2) is 5.98. The molecule has 0 radical (unpaired) electrons. The smallest absolute Gasteiger partial charge is 0.164 e. The van der Waals surface area contributed by atoms with Crippen LogP contribution in [0.5, 0.6) is 0 Å². The van der Waals surface area contributed by atoms with E-state index in [1.165, 1.54) is 23.8 Å². The van der Waals surface area contributed by atoms with E-state index in [-0.39, 0.29) is 10.8 Å². The van der Waals surface area contributed by atoms with E-state index < -0.39 is 5.82 Å². The Morgan fingerprint density at radius 2 is 2.00 bits per heavy atom. The highest BCUT2D eigenvalue weighted by molar-refractivity contribution is 6.33. The molecule has 0 bridgehead atoms. The van der Waals surface area contributed by atoms with Gasteiger partial charge in [-0.25, -0.2) is 4.39 Å². The summed E-state index contributed by atoms with van der Waals surface area (Å²) in [5.74, 6) is -0.494. The molecule has 0 atom stereocenters. The minimum atomic E-state index is -0.430. The van der Waals surface area contributed by atoms with Crippen molar-refractivity contribution in [1.29, 1.82) is 0 Å². The molecule has 0 fully saturated rings. The van der Waals surface area contributed by atoms with Gasteiger partial charge in [0.15, 0.2) is 5.78 Å². The summed E-state index contributed by atoms with van der Waals surface area (Å²) >= 11 is 5.87. The fraction of sp³-hybridized carbons (Fsp3) is 0.188. The van der Waals surface area contributed by atoms with Crippen LogP contribution in [0.15, 0.2) is 42.5 Å². The number of halogens is 2. The van der Waals surface area contributed by atoms with Crippen molar-refractivity contribution in [2.75, 3.05) is 0 Å². The van der Waals surface area contributed by atoms with Crippen molar-refractivity contribution >= 4 is 17.4 Å². The maximum absolute atomic E-state index is 12.9. The Balaban J connectivity index is 2.05. The maximum Gasteiger partial charge on any atom is 0.164 e. The lowest BCUT2D eigenvalue weighted by Gasteiger charge is -2.05. The van der Waals surface area contributed by atoms with Crippen LogP contribution in [-0.4, -0.2) is 5.78 Å². The minimum Gasteiger partial charge on any atom is -0.294 e. The number of carbonyl (C=O) groups excluding carboxylic acids is 1. The number of carbonyl (C=O) groups is 1. The zero-order valence-electron chi connectivity index (χ0n) is 10.6. The van der Waals surface area contributed by atoms with Crippen LogP contribution in [0.4, 0.5) is 4.39 Å². The van der Waals surface area contributed by atoms with Crippen LogP contribution >= 0.6 is 11.6 Å². The Morgan fingerprint density at radius 1 is 1.21 bits per heavy atom. The van der Waals surface area contributed by atoms with Crippen molar-refractivity contribution in [3.8, 4) is 0 Å². The van der Waals surface area contributed by atoms with Crippen molar-refractivity contribution in [2.45, 2.75) is 19.8 Å². The molecule has 98 valence electrons. The standard InChI is InChI=1S/C16H14ClFO/c1-11-3-2-4-12(9-11)5-8-16(19)14-7-6-13(18)10-15(14)17/h2-4,6-7,9-10H,5,8H2,1H3. The third-order valence-electron chi connectivity index (χ3n) is 2.95. The molecule has 0 aliphatic heterocycles. The molecule has 0 aliphatic rings. The Labute approximate surface area is 117 Å². The molecule has 0 aromatic heterocycles. The largest absolute Gasteiger partial charge is 0.294 e. The van der Waals surface area contributed by atoms with Crippen molar-refractivity contribution in [3.05, 3.63) is 70.0 Å². The number of aryl methyl sites for hydroxylation is 2. The first-order valence-electron chi connectivity index (χ1n) is 6.10. The van der Waals surface area contributed by atoms with Crippen LogP contribution < -0.4 is 0 Å². The molecule has 3 heteroatoms. The fourth-order valence-corrected chi connectivity index (χ4v) is 2.25. The van der Waals surface area contributed by atoms with E-state index in [1.54, 1.807) is 0 Å². The first kappa shape index (κ1) is 13.8. The summed E-state index contributed by atoms with van der Waals surface area (Å²) in [5, 5.41) is 0.175. The maximum atomic E-state index is 12.9. The SMILES string of the molecule is Cc1cccc(CCC(=O)c2ccc(F)cc2Cl)c1. The summed E-state index contributed by atoms with van der Waals surface area (Å²) in [6.45, 7) is 2.02. The zero-order chi connectivity index (χ0) is 13.8. The Kier molecular flexibility index (Phi) is 4.33. The third kappa shape index (κ3) is 3.65. The Morgan fingerprint density at radius 3 is 2.68 bits per heavy atom. The molecule has 0 unspecified atom stereocenters. The normalized spacial score (nSPS) is 10.5. The number of rotatable bonds is 4. The average Bonchev–Trinajstić information content (AvgIpc) is 2.36. The van der Waals surface area contributed by atoms with E-state index >= 15 is 0 Å². The molecule has 2 aromatic rings. The van der Waals surface area contributed by atoms with Crippen LogP contribution in [0.25, 0.3) is 0 Å². The van der Waals surface area contributed by atoms with Gasteiger partial charge >= 0.3 is 0 Å². The predicted molar refractivity (Wildman–Crippen MR) is 75.2 cm³/mol. The lowest BCUT2D eigenvalue weighted by molar-refractivity contribution is 0.0983. The molecule has 0 amide bonds. The van der Waals surface area contributed by atoms with Crippen LogP contribution in [0.1, 0.15) is 27.9 Å². The quantitative estimate of drug-likeness (QED) is 0.746. The number of hydrogen-bond acceptors (Lipinski definition) is 1. The molecule has 0 spiro atoms. The van der Waals surface area contributed by atoms with Gasteiger partial charge in [-0.05, 0) is 37.1 Å². The van der Waals surface area contributed by atoms with Crippen LogP contribution in [0.2, 0.25) is 5.02 Å². The van der Waals surface area contributed by atoms with Crippen molar-refractivity contribution in [2.24, 2.45) is 0 Å². The van der Waals surface area contributed by atoms with Crippen molar-refractivity contribution in [1.82, 2.24) is 0 Å². The monoisotopic (exact) mass is 276 g/mol. The van der Waals surface area contributed by atoms with E-state index in [2.05, 4.69) is 6.07 Å². The lowest BCUT2D eigenvalue weighted by Crippen LogP contribution is -2.02. The molecule has 1 nitrogen and oxygen atoms in total. The molecule has 0 aliphatic carbocycles. The van der Waals surface area contributed by atoms with Crippen LogP contribution in [0, 0.1) is 12.7 Å². The van der Waals surface area contributed by atoms with Crippen LogP contribution in [0.3, 0.4) is 0 Å². The fourth-order valence-electron chi connectivity index (χ4n) is 1.98. The van der Waals surface area contributed by atoms with Gasteiger partial charge in [-0.3, -0.25) is 4.79 Å². The molecule has 0 N–H and O–H groups in total. The van der Waals surface area contributed by atoms with Gasteiger partial charge in [0.2, 0.25) is 0 Å². The number of Topliss-reactive ketones (excluding diaryl/α,β-unsaturated/α-hetero) is 1. The lowest BCUT2D eigenvalue weighted by atomic mass is 10.0. The molecule has 2 rings (SSSR count). The van der Waals surface area contributed by atoms with Gasteiger partial charge < -0.3 is 0 Å². The summed E-state index contributed by atoms with van der Waals surface area (Å²) in [6, 6.07) is 11.9. The second-order valence-electron chi connectivity index (χ2n) is 4.54. The topological polar surface area (TPSA) is 17.1 Å². The summed E-state index contributed by atoms with van der Waals surface area (Å²) in [5.41, 5.74) is 2.67. The molecule has 2 aromatic carbocycles. The van der Waals surface area contributed by atoms with Gasteiger partial charge in [-0.2, -0.15) is 0 Å². The highest BCUT2D eigenvalue weighted by atomic mass is 35.5. The summed E-state index contributed by atoms with van der Waals surface area (Å²) < 4.78 is 12.9. The summed E-state index contributed by atoms with van der Waals surface area (Å²) in [4.78, 5) is 12.0. The number of hydrogen-bond donors (Lipinski definition) is 0. The molecule has 0 saturated carbocycles. The van der Waals surface area contributed by atoms with E-state index in [9.17, 15) is 9.18 Å². The number of ketones is 1. The van der Waals surface area contributed by atoms with Gasteiger partial charge in [0.05, 0.1) is 5.02 Å².